The molecule has 0 spiro atoms. The van der Waals surface area contributed by atoms with Crippen molar-refractivity contribution in [3.63, 3.8) is 0 Å². The summed E-state index contributed by atoms with van der Waals surface area (Å²) in [5.74, 6) is 9.02. The monoisotopic (exact) mass is 310 g/mol. The Morgan fingerprint density at radius 2 is 1.83 bits per heavy atom. The molecule has 1 heteroatoms. The molecule has 1 aromatic carbocycles. The molecule has 0 atom stereocenters. The Labute approximate surface area is 142 Å². The zero-order valence-electron chi connectivity index (χ0n) is 14.7. The van der Waals surface area contributed by atoms with Gasteiger partial charge in [0.15, 0.2) is 0 Å². The summed E-state index contributed by atoms with van der Waals surface area (Å²) in [4.78, 5) is 0. The van der Waals surface area contributed by atoms with Gasteiger partial charge in [-0.15, -0.1) is 0 Å². The standard InChI is InChI=1S/C22H30O/c1-3-5-18-23-22-16-14-21(15-17-22)9-7-6-8-20-12-10-19(4-2)11-13-20/h6,8,14-17,19-20H,3-5,10-13,18H2,1-2H3. The van der Waals surface area contributed by atoms with Gasteiger partial charge in [0.05, 0.1) is 6.61 Å². The van der Waals surface area contributed by atoms with Gasteiger partial charge in [0.1, 0.15) is 5.75 Å². The van der Waals surface area contributed by atoms with Gasteiger partial charge in [-0.2, -0.15) is 0 Å². The smallest absolute Gasteiger partial charge is 0.119 e. The van der Waals surface area contributed by atoms with Crippen LogP contribution in [0.15, 0.2) is 36.4 Å². The van der Waals surface area contributed by atoms with Gasteiger partial charge in [-0.05, 0) is 74.3 Å². The number of ether oxygens (including phenoxy) is 1. The van der Waals surface area contributed by atoms with E-state index >= 15 is 0 Å². The van der Waals surface area contributed by atoms with Crippen LogP contribution in [-0.4, -0.2) is 6.61 Å². The first-order valence-corrected chi connectivity index (χ1v) is 9.22. The summed E-state index contributed by atoms with van der Waals surface area (Å²) in [6, 6.07) is 8.09. The van der Waals surface area contributed by atoms with Gasteiger partial charge >= 0.3 is 0 Å². The van der Waals surface area contributed by atoms with Crippen molar-refractivity contribution in [2.24, 2.45) is 11.8 Å². The van der Waals surface area contributed by atoms with Crippen molar-refractivity contribution in [3.05, 3.63) is 42.0 Å². The fourth-order valence-electron chi connectivity index (χ4n) is 3.07. The number of unbranched alkanes of at least 4 members (excludes halogenated alkanes) is 1. The molecule has 1 nitrogen and oxygen atoms in total. The lowest BCUT2D eigenvalue weighted by Crippen LogP contribution is -2.11. The molecule has 1 aliphatic carbocycles. The van der Waals surface area contributed by atoms with E-state index < -0.39 is 0 Å². The van der Waals surface area contributed by atoms with Crippen LogP contribution in [0.25, 0.3) is 0 Å². The predicted octanol–water partition coefficient (Wildman–Crippen LogP) is 5.99. The summed E-state index contributed by atoms with van der Waals surface area (Å²) < 4.78 is 5.66. The summed E-state index contributed by atoms with van der Waals surface area (Å²) in [5, 5.41) is 0. The number of hydrogen-bond acceptors (Lipinski definition) is 1. The first-order chi connectivity index (χ1) is 11.3. The van der Waals surface area contributed by atoms with E-state index in [-0.39, 0.29) is 0 Å². The van der Waals surface area contributed by atoms with E-state index in [0.29, 0.717) is 0 Å². The minimum absolute atomic E-state index is 0.737. The molecule has 1 aromatic rings. The van der Waals surface area contributed by atoms with Crippen LogP contribution in [0.4, 0.5) is 0 Å². The molecule has 23 heavy (non-hydrogen) atoms. The van der Waals surface area contributed by atoms with E-state index in [1.54, 1.807) is 0 Å². The van der Waals surface area contributed by atoms with Crippen molar-refractivity contribution in [2.75, 3.05) is 6.61 Å². The molecule has 0 amide bonds. The van der Waals surface area contributed by atoms with Crippen molar-refractivity contribution in [3.8, 4) is 17.6 Å². The average molecular weight is 310 g/mol. The minimum atomic E-state index is 0.737. The molecule has 124 valence electrons. The van der Waals surface area contributed by atoms with Crippen LogP contribution in [0, 0.1) is 23.7 Å². The van der Waals surface area contributed by atoms with E-state index in [1.807, 2.05) is 30.3 Å². The molecular formula is C22H30O. The van der Waals surface area contributed by atoms with E-state index in [2.05, 4.69) is 31.8 Å². The van der Waals surface area contributed by atoms with Crippen molar-refractivity contribution >= 4 is 0 Å². The zero-order valence-corrected chi connectivity index (χ0v) is 14.7. The SMILES string of the molecule is CCCCOc1ccc(C#CC=CC2CCC(CC)CC2)cc1. The highest BCUT2D eigenvalue weighted by molar-refractivity contribution is 5.40. The Hall–Kier alpha value is -1.68. The maximum Gasteiger partial charge on any atom is 0.119 e. The maximum absolute atomic E-state index is 5.66. The third kappa shape index (κ3) is 6.53. The third-order valence-corrected chi connectivity index (χ3v) is 4.76. The molecular weight excluding hydrogens is 280 g/mol. The maximum atomic E-state index is 5.66. The molecule has 2 rings (SSSR count). The Bertz CT molecular complexity index is 521. The number of allylic oxidation sites excluding steroid dienone is 2. The van der Waals surface area contributed by atoms with E-state index in [0.717, 1.165) is 42.6 Å². The highest BCUT2D eigenvalue weighted by Crippen LogP contribution is 2.31. The molecule has 1 aliphatic rings. The second kappa shape index (κ2) is 10.2. The predicted molar refractivity (Wildman–Crippen MR) is 98.6 cm³/mol. The fourth-order valence-corrected chi connectivity index (χ4v) is 3.07. The van der Waals surface area contributed by atoms with Crippen molar-refractivity contribution in [1.29, 1.82) is 0 Å². The molecule has 0 heterocycles. The number of hydrogen-bond donors (Lipinski definition) is 0. The number of rotatable bonds is 6. The van der Waals surface area contributed by atoms with Gasteiger partial charge in [0, 0.05) is 5.56 Å². The minimum Gasteiger partial charge on any atom is -0.494 e. The number of benzene rings is 1. The third-order valence-electron chi connectivity index (χ3n) is 4.76. The van der Waals surface area contributed by atoms with E-state index in [4.69, 9.17) is 4.74 Å². The Morgan fingerprint density at radius 1 is 1.09 bits per heavy atom. The molecule has 1 saturated carbocycles. The van der Waals surface area contributed by atoms with Gasteiger partial charge < -0.3 is 4.74 Å². The Balaban J connectivity index is 1.77. The largest absolute Gasteiger partial charge is 0.494 e. The first kappa shape index (κ1) is 17.7. The van der Waals surface area contributed by atoms with Crippen molar-refractivity contribution < 1.29 is 4.74 Å². The quantitative estimate of drug-likeness (QED) is 0.463. The Kier molecular flexibility index (Phi) is 7.81. The van der Waals surface area contributed by atoms with Crippen LogP contribution < -0.4 is 4.74 Å². The van der Waals surface area contributed by atoms with Crippen LogP contribution in [0.1, 0.15) is 64.4 Å². The second-order valence-corrected chi connectivity index (χ2v) is 6.54. The van der Waals surface area contributed by atoms with Crippen LogP contribution in [0.3, 0.4) is 0 Å². The van der Waals surface area contributed by atoms with Gasteiger partial charge in [0.25, 0.3) is 0 Å². The zero-order chi connectivity index (χ0) is 16.3. The van der Waals surface area contributed by atoms with Gasteiger partial charge in [0.2, 0.25) is 0 Å². The lowest BCUT2D eigenvalue weighted by atomic mass is 9.81. The molecule has 1 fully saturated rings. The van der Waals surface area contributed by atoms with Crippen LogP contribution in [0.5, 0.6) is 5.75 Å². The van der Waals surface area contributed by atoms with Crippen LogP contribution in [0.2, 0.25) is 0 Å². The van der Waals surface area contributed by atoms with Gasteiger partial charge in [-0.3, -0.25) is 0 Å². The molecule has 0 bridgehead atoms. The highest BCUT2D eigenvalue weighted by atomic mass is 16.5. The lowest BCUT2D eigenvalue weighted by Gasteiger charge is -2.25. The molecule has 0 N–H and O–H groups in total. The van der Waals surface area contributed by atoms with Crippen LogP contribution >= 0.6 is 0 Å². The van der Waals surface area contributed by atoms with Crippen molar-refractivity contribution in [1.82, 2.24) is 0 Å². The summed E-state index contributed by atoms with van der Waals surface area (Å²) in [5.41, 5.74) is 1.05. The van der Waals surface area contributed by atoms with Crippen molar-refractivity contribution in [2.45, 2.75) is 58.8 Å². The summed E-state index contributed by atoms with van der Waals surface area (Å²) in [6.45, 7) is 5.28. The summed E-state index contributed by atoms with van der Waals surface area (Å²) >= 11 is 0. The molecule has 0 aliphatic heterocycles. The average Bonchev–Trinajstić information content (AvgIpc) is 2.61. The molecule has 0 aromatic heterocycles. The van der Waals surface area contributed by atoms with Crippen LogP contribution in [-0.2, 0) is 0 Å². The molecule has 0 unspecified atom stereocenters. The normalized spacial score (nSPS) is 21.0. The molecule has 0 radical (unpaired) electrons. The highest BCUT2D eigenvalue weighted by Gasteiger charge is 2.17. The van der Waals surface area contributed by atoms with Gasteiger partial charge in [-0.1, -0.05) is 44.6 Å². The topological polar surface area (TPSA) is 9.23 Å². The van der Waals surface area contributed by atoms with E-state index in [1.165, 1.54) is 32.1 Å². The fraction of sp³-hybridized carbons (Fsp3) is 0.545. The second-order valence-electron chi connectivity index (χ2n) is 6.54. The Morgan fingerprint density at radius 3 is 2.48 bits per heavy atom. The lowest BCUT2D eigenvalue weighted by molar-refractivity contribution is 0.304. The summed E-state index contributed by atoms with van der Waals surface area (Å²) in [7, 11) is 0. The van der Waals surface area contributed by atoms with Gasteiger partial charge in [-0.25, -0.2) is 0 Å². The summed E-state index contributed by atoms with van der Waals surface area (Å²) in [6.07, 6.45) is 13.4. The molecule has 0 saturated heterocycles. The first-order valence-electron chi connectivity index (χ1n) is 9.22. The van der Waals surface area contributed by atoms with E-state index in [9.17, 15) is 0 Å².